The number of nitrogens with zero attached hydrogens (tertiary/aromatic N) is 2. The fourth-order valence-corrected chi connectivity index (χ4v) is 0.836. The van der Waals surface area contributed by atoms with Crippen molar-refractivity contribution in [2.45, 2.75) is 5.33 Å². The third kappa shape index (κ3) is 1.42. The van der Waals surface area contributed by atoms with E-state index in [2.05, 4.69) is 27.6 Å². The molecule has 1 rings (SSSR count). The van der Waals surface area contributed by atoms with Crippen molar-refractivity contribution in [2.75, 3.05) is 0 Å². The Balaban J connectivity index is 2.86. The molecule has 0 amide bonds. The summed E-state index contributed by atoms with van der Waals surface area (Å²) in [6.07, 6.45) is 5.38. The van der Waals surface area contributed by atoms with Crippen LogP contribution >= 0.6 is 15.9 Å². The smallest absolute Gasteiger partial charge is 0.0534 e. The summed E-state index contributed by atoms with van der Waals surface area (Å²) in [5.74, 6) is 0. The van der Waals surface area contributed by atoms with Crippen LogP contribution in [0.2, 0.25) is 0 Å². The van der Waals surface area contributed by atoms with Crippen LogP contribution in [-0.2, 0) is 5.33 Å². The molecular formula is C6H7BrN2. The summed E-state index contributed by atoms with van der Waals surface area (Å²) in [5.41, 5.74) is 1.16. The first-order chi connectivity index (χ1) is 4.36. The Hall–Kier alpha value is -0.570. The van der Waals surface area contributed by atoms with E-state index < -0.39 is 0 Å². The quantitative estimate of drug-likeness (QED) is 0.646. The molecule has 3 heteroatoms. The van der Waals surface area contributed by atoms with Gasteiger partial charge < -0.3 is 0 Å². The van der Waals surface area contributed by atoms with Crippen molar-refractivity contribution in [1.82, 2.24) is 9.78 Å². The SMILES string of the molecule is C=Cn1cc(CBr)cn1. The maximum absolute atomic E-state index is 3.97. The summed E-state index contributed by atoms with van der Waals surface area (Å²) in [6, 6.07) is 0. The first-order valence-electron chi connectivity index (χ1n) is 2.58. The molecule has 48 valence electrons. The summed E-state index contributed by atoms with van der Waals surface area (Å²) in [6.45, 7) is 3.56. The van der Waals surface area contributed by atoms with Crippen molar-refractivity contribution in [3.63, 3.8) is 0 Å². The van der Waals surface area contributed by atoms with Crippen LogP contribution in [0.3, 0.4) is 0 Å². The Labute approximate surface area is 62.3 Å². The normalized spacial score (nSPS) is 9.44. The highest BCUT2D eigenvalue weighted by Gasteiger charge is 1.90. The van der Waals surface area contributed by atoms with Gasteiger partial charge in [-0.25, -0.2) is 4.68 Å². The lowest BCUT2D eigenvalue weighted by molar-refractivity contribution is 0.936. The van der Waals surface area contributed by atoms with Crippen LogP contribution in [0.25, 0.3) is 6.20 Å². The van der Waals surface area contributed by atoms with Gasteiger partial charge in [-0.1, -0.05) is 22.5 Å². The fraction of sp³-hybridized carbons (Fsp3) is 0.167. The molecule has 0 aliphatic heterocycles. The first-order valence-corrected chi connectivity index (χ1v) is 3.70. The summed E-state index contributed by atoms with van der Waals surface area (Å²) < 4.78 is 1.68. The summed E-state index contributed by atoms with van der Waals surface area (Å²) >= 11 is 3.31. The molecule has 0 aromatic carbocycles. The average Bonchev–Trinajstić information content (AvgIpc) is 2.34. The Morgan fingerprint density at radius 3 is 3.00 bits per heavy atom. The maximum Gasteiger partial charge on any atom is 0.0534 e. The largest absolute Gasteiger partial charge is 0.249 e. The summed E-state index contributed by atoms with van der Waals surface area (Å²) in [5, 5.41) is 4.82. The molecule has 0 saturated heterocycles. The monoisotopic (exact) mass is 186 g/mol. The molecule has 0 unspecified atom stereocenters. The minimum atomic E-state index is 0.848. The van der Waals surface area contributed by atoms with E-state index >= 15 is 0 Å². The van der Waals surface area contributed by atoms with Crippen molar-refractivity contribution in [3.8, 4) is 0 Å². The molecule has 1 heterocycles. The lowest BCUT2D eigenvalue weighted by Gasteiger charge is -1.83. The number of halogens is 1. The molecule has 0 saturated carbocycles. The van der Waals surface area contributed by atoms with E-state index in [0.717, 1.165) is 10.9 Å². The van der Waals surface area contributed by atoms with Crippen LogP contribution in [0, 0.1) is 0 Å². The standard InChI is InChI=1S/C6H7BrN2/c1-2-9-5-6(3-7)4-8-9/h2,4-5H,1,3H2. The van der Waals surface area contributed by atoms with Crippen molar-refractivity contribution >= 4 is 22.1 Å². The van der Waals surface area contributed by atoms with Gasteiger partial charge in [-0.3, -0.25) is 0 Å². The molecule has 1 aromatic rings. The van der Waals surface area contributed by atoms with Gasteiger partial charge in [-0.2, -0.15) is 5.10 Å². The van der Waals surface area contributed by atoms with Crippen molar-refractivity contribution < 1.29 is 0 Å². The molecule has 0 bridgehead atoms. The van der Waals surface area contributed by atoms with Gasteiger partial charge in [-0.05, 0) is 0 Å². The molecule has 0 aliphatic carbocycles. The van der Waals surface area contributed by atoms with Gasteiger partial charge >= 0.3 is 0 Å². The van der Waals surface area contributed by atoms with Crippen LogP contribution in [0.1, 0.15) is 5.56 Å². The van der Waals surface area contributed by atoms with Gasteiger partial charge in [0.15, 0.2) is 0 Å². The number of alkyl halides is 1. The first kappa shape index (κ1) is 6.55. The van der Waals surface area contributed by atoms with Crippen LogP contribution in [-0.4, -0.2) is 9.78 Å². The molecule has 1 aromatic heterocycles. The minimum Gasteiger partial charge on any atom is -0.249 e. The fourth-order valence-electron chi connectivity index (χ4n) is 0.546. The lowest BCUT2D eigenvalue weighted by Crippen LogP contribution is -1.81. The highest BCUT2D eigenvalue weighted by molar-refractivity contribution is 9.08. The van der Waals surface area contributed by atoms with E-state index in [-0.39, 0.29) is 0 Å². The maximum atomic E-state index is 3.97. The average molecular weight is 187 g/mol. The van der Waals surface area contributed by atoms with E-state index in [1.54, 1.807) is 17.1 Å². The van der Waals surface area contributed by atoms with E-state index in [1.165, 1.54) is 0 Å². The highest BCUT2D eigenvalue weighted by atomic mass is 79.9. The molecule has 0 aliphatic rings. The van der Waals surface area contributed by atoms with Gasteiger partial charge in [0.2, 0.25) is 0 Å². The van der Waals surface area contributed by atoms with Crippen LogP contribution in [0.15, 0.2) is 19.0 Å². The second-order valence-corrected chi connectivity index (χ2v) is 2.21. The van der Waals surface area contributed by atoms with Gasteiger partial charge in [-0.15, -0.1) is 0 Å². The van der Waals surface area contributed by atoms with E-state index in [1.807, 2.05) is 6.20 Å². The van der Waals surface area contributed by atoms with Gasteiger partial charge in [0.05, 0.1) is 6.20 Å². The van der Waals surface area contributed by atoms with Crippen molar-refractivity contribution in [3.05, 3.63) is 24.5 Å². The zero-order valence-electron chi connectivity index (χ0n) is 4.92. The second kappa shape index (κ2) is 2.82. The molecule has 0 fully saturated rings. The summed E-state index contributed by atoms with van der Waals surface area (Å²) in [4.78, 5) is 0. The zero-order valence-corrected chi connectivity index (χ0v) is 6.50. The Bertz CT molecular complexity index is 205. The van der Waals surface area contributed by atoms with Crippen LogP contribution in [0.4, 0.5) is 0 Å². The van der Waals surface area contributed by atoms with Gasteiger partial charge in [0.1, 0.15) is 0 Å². The predicted molar refractivity (Wildman–Crippen MR) is 41.2 cm³/mol. The lowest BCUT2D eigenvalue weighted by atomic mass is 10.4. The van der Waals surface area contributed by atoms with Gasteiger partial charge in [0.25, 0.3) is 0 Å². The number of aromatic nitrogens is 2. The second-order valence-electron chi connectivity index (χ2n) is 1.64. The molecule has 0 spiro atoms. The Morgan fingerprint density at radius 1 is 1.89 bits per heavy atom. The zero-order chi connectivity index (χ0) is 6.69. The van der Waals surface area contributed by atoms with Gasteiger partial charge in [0, 0.05) is 23.3 Å². The molecule has 0 N–H and O–H groups in total. The van der Waals surface area contributed by atoms with Crippen LogP contribution in [0.5, 0.6) is 0 Å². The number of rotatable bonds is 2. The molecule has 9 heavy (non-hydrogen) atoms. The molecular weight excluding hydrogens is 180 g/mol. The van der Waals surface area contributed by atoms with Crippen molar-refractivity contribution in [2.24, 2.45) is 0 Å². The predicted octanol–water partition coefficient (Wildman–Crippen LogP) is 1.88. The summed E-state index contributed by atoms with van der Waals surface area (Å²) in [7, 11) is 0. The number of hydrogen-bond donors (Lipinski definition) is 0. The Morgan fingerprint density at radius 2 is 2.67 bits per heavy atom. The molecule has 2 nitrogen and oxygen atoms in total. The molecule has 0 atom stereocenters. The Kier molecular flexibility index (Phi) is 2.05. The van der Waals surface area contributed by atoms with E-state index in [9.17, 15) is 0 Å². The number of hydrogen-bond acceptors (Lipinski definition) is 1. The van der Waals surface area contributed by atoms with E-state index in [0.29, 0.717) is 0 Å². The highest BCUT2D eigenvalue weighted by Crippen LogP contribution is 2.02. The van der Waals surface area contributed by atoms with Crippen molar-refractivity contribution in [1.29, 1.82) is 0 Å². The topological polar surface area (TPSA) is 17.8 Å². The third-order valence-corrected chi connectivity index (χ3v) is 1.64. The van der Waals surface area contributed by atoms with E-state index in [4.69, 9.17) is 0 Å². The molecule has 0 radical (unpaired) electrons. The van der Waals surface area contributed by atoms with Crippen LogP contribution < -0.4 is 0 Å². The third-order valence-electron chi connectivity index (χ3n) is 0.996. The minimum absolute atomic E-state index is 0.848.